The average molecular weight is 416 g/mol. The summed E-state index contributed by atoms with van der Waals surface area (Å²) in [7, 11) is 0. The topological polar surface area (TPSA) is 39.7 Å². The van der Waals surface area contributed by atoms with Gasteiger partial charge in [-0.1, -0.05) is 41.4 Å². The number of hydrogen-bond donors (Lipinski definition) is 1. The van der Waals surface area contributed by atoms with Gasteiger partial charge in [0.05, 0.1) is 0 Å². The lowest BCUT2D eigenvalue weighted by Gasteiger charge is -2.19. The van der Waals surface area contributed by atoms with Crippen molar-refractivity contribution in [3.63, 3.8) is 0 Å². The predicted molar refractivity (Wildman–Crippen MR) is 112 cm³/mol. The molecule has 1 aliphatic rings. The Bertz CT molecular complexity index is 978. The van der Waals surface area contributed by atoms with Crippen LogP contribution in [0.4, 0.5) is 5.69 Å². The minimum absolute atomic E-state index is 0.387. The maximum atomic E-state index is 6.22. The molecule has 0 saturated carbocycles. The number of hydrogen-bond acceptors (Lipinski definition) is 4. The van der Waals surface area contributed by atoms with Crippen molar-refractivity contribution in [2.45, 2.75) is 13.2 Å². The van der Waals surface area contributed by atoms with E-state index >= 15 is 0 Å². The average Bonchev–Trinajstić information content (AvgIpc) is 2.72. The van der Waals surface area contributed by atoms with E-state index in [1.807, 2.05) is 60.7 Å². The molecule has 28 heavy (non-hydrogen) atoms. The third-order valence-electron chi connectivity index (χ3n) is 4.39. The Morgan fingerprint density at radius 1 is 0.857 bits per heavy atom. The van der Waals surface area contributed by atoms with Gasteiger partial charge in [0, 0.05) is 39.5 Å². The molecular weight excluding hydrogens is 397 g/mol. The summed E-state index contributed by atoms with van der Waals surface area (Å²) in [6.07, 6.45) is 0. The molecule has 1 aliphatic heterocycles. The summed E-state index contributed by atoms with van der Waals surface area (Å²) in [5.74, 6) is 2.27. The molecule has 1 N–H and O–H groups in total. The van der Waals surface area contributed by atoms with Crippen LogP contribution in [0.25, 0.3) is 0 Å². The minimum Gasteiger partial charge on any atom is -0.488 e. The zero-order chi connectivity index (χ0) is 19.3. The zero-order valence-electron chi connectivity index (χ0n) is 15.1. The van der Waals surface area contributed by atoms with E-state index in [2.05, 4.69) is 5.32 Å². The van der Waals surface area contributed by atoms with E-state index in [0.717, 1.165) is 34.1 Å². The summed E-state index contributed by atoms with van der Waals surface area (Å²) >= 11 is 12.4. The summed E-state index contributed by atoms with van der Waals surface area (Å²) in [5.41, 5.74) is 2.82. The van der Waals surface area contributed by atoms with Crippen LogP contribution >= 0.6 is 23.2 Å². The number of anilines is 1. The van der Waals surface area contributed by atoms with E-state index in [1.165, 1.54) is 0 Å². The van der Waals surface area contributed by atoms with Crippen LogP contribution in [0.5, 0.6) is 17.2 Å². The summed E-state index contributed by atoms with van der Waals surface area (Å²) in [4.78, 5) is 0. The number of nitrogens with one attached hydrogen (secondary N) is 1. The van der Waals surface area contributed by atoms with Crippen molar-refractivity contribution < 1.29 is 14.2 Å². The van der Waals surface area contributed by atoms with Crippen LogP contribution in [0.3, 0.4) is 0 Å². The van der Waals surface area contributed by atoms with Crippen LogP contribution in [0, 0.1) is 0 Å². The molecule has 0 saturated heterocycles. The Hall–Kier alpha value is -2.56. The van der Waals surface area contributed by atoms with Crippen molar-refractivity contribution in [2.75, 3.05) is 18.5 Å². The largest absolute Gasteiger partial charge is 0.488 e. The van der Waals surface area contributed by atoms with Gasteiger partial charge in [-0.15, -0.1) is 0 Å². The summed E-state index contributed by atoms with van der Waals surface area (Å²) in [5, 5.41) is 4.73. The molecule has 0 bridgehead atoms. The fourth-order valence-electron chi connectivity index (χ4n) is 2.95. The van der Waals surface area contributed by atoms with Gasteiger partial charge in [-0.2, -0.15) is 0 Å². The SMILES string of the molecule is Clc1ccc(OCc2ccccc2Cl)c(CNc2ccc3c(c2)OCCO3)c1. The highest BCUT2D eigenvalue weighted by Crippen LogP contribution is 2.33. The molecule has 0 unspecified atom stereocenters. The maximum Gasteiger partial charge on any atom is 0.163 e. The van der Waals surface area contributed by atoms with Crippen molar-refractivity contribution in [1.29, 1.82) is 0 Å². The van der Waals surface area contributed by atoms with Gasteiger partial charge in [-0.05, 0) is 36.4 Å². The molecular formula is C22H19Cl2NO3. The fourth-order valence-corrected chi connectivity index (χ4v) is 3.33. The van der Waals surface area contributed by atoms with Crippen LogP contribution in [-0.2, 0) is 13.2 Å². The normalized spacial score (nSPS) is 12.5. The molecule has 0 amide bonds. The Morgan fingerprint density at radius 3 is 2.54 bits per heavy atom. The van der Waals surface area contributed by atoms with Crippen LogP contribution in [0.15, 0.2) is 60.7 Å². The molecule has 3 aromatic rings. The quantitative estimate of drug-likeness (QED) is 0.539. The molecule has 0 spiro atoms. The predicted octanol–water partition coefficient (Wildman–Crippen LogP) is 5.96. The Morgan fingerprint density at radius 2 is 1.68 bits per heavy atom. The van der Waals surface area contributed by atoms with Crippen molar-refractivity contribution in [3.8, 4) is 17.2 Å². The molecule has 0 fully saturated rings. The van der Waals surface area contributed by atoms with Gasteiger partial charge in [0.25, 0.3) is 0 Å². The molecule has 0 aromatic heterocycles. The van der Waals surface area contributed by atoms with E-state index in [0.29, 0.717) is 36.4 Å². The molecule has 1 heterocycles. The lowest BCUT2D eigenvalue weighted by atomic mass is 10.2. The number of rotatable bonds is 6. The second-order valence-corrected chi connectivity index (χ2v) is 7.19. The standard InChI is InChI=1S/C22H19Cl2NO3/c23-17-5-7-20(28-14-15-3-1-2-4-19(15)24)16(11-17)13-25-18-6-8-21-22(12-18)27-10-9-26-21/h1-8,11-12,25H,9-10,13-14H2. The van der Waals surface area contributed by atoms with E-state index in [4.69, 9.17) is 37.4 Å². The van der Waals surface area contributed by atoms with E-state index in [1.54, 1.807) is 0 Å². The number of halogens is 2. The lowest BCUT2D eigenvalue weighted by molar-refractivity contribution is 0.171. The van der Waals surface area contributed by atoms with Crippen molar-refractivity contribution in [1.82, 2.24) is 0 Å². The number of benzene rings is 3. The Balaban J connectivity index is 1.47. The first kappa shape index (κ1) is 18.8. The molecule has 0 radical (unpaired) electrons. The Kier molecular flexibility index (Phi) is 5.79. The van der Waals surface area contributed by atoms with Crippen LogP contribution in [-0.4, -0.2) is 13.2 Å². The van der Waals surface area contributed by atoms with Gasteiger partial charge in [-0.3, -0.25) is 0 Å². The maximum absolute atomic E-state index is 6.22. The van der Waals surface area contributed by atoms with Gasteiger partial charge in [0.15, 0.2) is 11.5 Å². The van der Waals surface area contributed by atoms with E-state index < -0.39 is 0 Å². The van der Waals surface area contributed by atoms with Crippen LogP contribution < -0.4 is 19.5 Å². The summed E-state index contributed by atoms with van der Waals surface area (Å²) in [6.45, 7) is 2.08. The van der Waals surface area contributed by atoms with Gasteiger partial charge in [-0.25, -0.2) is 0 Å². The molecule has 4 nitrogen and oxygen atoms in total. The molecule has 0 atom stereocenters. The fraction of sp³-hybridized carbons (Fsp3) is 0.182. The monoisotopic (exact) mass is 415 g/mol. The summed E-state index contributed by atoms with van der Waals surface area (Å²) < 4.78 is 17.2. The highest BCUT2D eigenvalue weighted by Gasteiger charge is 2.12. The third-order valence-corrected chi connectivity index (χ3v) is 4.99. The molecule has 3 aromatic carbocycles. The van der Waals surface area contributed by atoms with Gasteiger partial charge in [0.2, 0.25) is 0 Å². The first-order valence-electron chi connectivity index (χ1n) is 8.97. The molecule has 4 rings (SSSR count). The lowest BCUT2D eigenvalue weighted by Crippen LogP contribution is -2.15. The van der Waals surface area contributed by atoms with Gasteiger partial charge >= 0.3 is 0 Å². The third kappa shape index (κ3) is 4.46. The summed E-state index contributed by atoms with van der Waals surface area (Å²) in [6, 6.07) is 19.0. The molecule has 0 aliphatic carbocycles. The van der Waals surface area contributed by atoms with Gasteiger partial charge in [0.1, 0.15) is 25.6 Å². The first-order chi connectivity index (χ1) is 13.7. The van der Waals surface area contributed by atoms with E-state index in [9.17, 15) is 0 Å². The molecule has 144 valence electrons. The zero-order valence-corrected chi connectivity index (χ0v) is 16.6. The molecule has 6 heteroatoms. The number of ether oxygens (including phenoxy) is 3. The first-order valence-corrected chi connectivity index (χ1v) is 9.73. The Labute approximate surface area is 173 Å². The van der Waals surface area contributed by atoms with Crippen molar-refractivity contribution >= 4 is 28.9 Å². The highest BCUT2D eigenvalue weighted by atomic mass is 35.5. The van der Waals surface area contributed by atoms with E-state index in [-0.39, 0.29) is 0 Å². The van der Waals surface area contributed by atoms with Crippen LogP contribution in [0.1, 0.15) is 11.1 Å². The second kappa shape index (κ2) is 8.63. The van der Waals surface area contributed by atoms with Crippen LogP contribution in [0.2, 0.25) is 10.0 Å². The number of fused-ring (bicyclic) bond motifs is 1. The minimum atomic E-state index is 0.387. The second-order valence-electron chi connectivity index (χ2n) is 6.34. The highest BCUT2D eigenvalue weighted by molar-refractivity contribution is 6.31. The van der Waals surface area contributed by atoms with Gasteiger partial charge < -0.3 is 19.5 Å². The smallest absolute Gasteiger partial charge is 0.163 e. The van der Waals surface area contributed by atoms with Crippen molar-refractivity contribution in [3.05, 3.63) is 81.8 Å². The van der Waals surface area contributed by atoms with Crippen molar-refractivity contribution in [2.24, 2.45) is 0 Å².